The molecule has 11 aromatic heterocycles. The van der Waals surface area contributed by atoms with Crippen molar-refractivity contribution in [3.05, 3.63) is 291 Å². The fourth-order valence-corrected chi connectivity index (χ4v) is 18.5. The van der Waals surface area contributed by atoms with Crippen molar-refractivity contribution in [1.29, 1.82) is 0 Å². The van der Waals surface area contributed by atoms with Gasteiger partial charge in [0.1, 0.15) is 22.3 Å². The summed E-state index contributed by atoms with van der Waals surface area (Å²) < 4.78 is 14.7. The fraction of sp³-hybridized carbons (Fsp3) is 0. The molecule has 10 heteroatoms. The molecule has 0 unspecified atom stereocenters. The van der Waals surface area contributed by atoms with Gasteiger partial charge in [-0.1, -0.05) is 194 Å². The van der Waals surface area contributed by atoms with Crippen LogP contribution in [-0.2, 0) is 0 Å². The van der Waals surface area contributed by atoms with Gasteiger partial charge in [0.15, 0.2) is 0 Å². The van der Waals surface area contributed by atoms with Crippen LogP contribution in [-0.4, -0.2) is 47.0 Å². The van der Waals surface area contributed by atoms with E-state index in [4.69, 9.17) is 19.9 Å². The van der Waals surface area contributed by atoms with Crippen LogP contribution in [0.5, 0.6) is 0 Å². The zero-order valence-electron chi connectivity index (χ0n) is 53.2. The second kappa shape index (κ2) is 18.2. The van der Waals surface area contributed by atoms with Gasteiger partial charge in [0.2, 0.25) is 0 Å². The lowest BCUT2D eigenvalue weighted by Crippen LogP contribution is -1.98. The molecule has 0 fully saturated rings. The van der Waals surface area contributed by atoms with E-state index in [1.165, 1.54) is 43.1 Å². The van der Waals surface area contributed by atoms with Crippen LogP contribution in [0.2, 0.25) is 0 Å². The Bertz CT molecular complexity index is 7360. The average Bonchev–Trinajstić information content (AvgIpc) is 1.48. The molecule has 0 radical (unpaired) electrons. The molecule has 0 saturated carbocycles. The van der Waals surface area contributed by atoms with Gasteiger partial charge in [-0.3, -0.25) is 8.80 Å². The molecule has 0 aliphatic heterocycles. The molecule has 0 aliphatic carbocycles. The molecule has 25 aromatic rings. The summed E-state index contributed by atoms with van der Waals surface area (Å²) in [6.07, 6.45) is 4.18. The molecule has 0 aliphatic rings. The van der Waals surface area contributed by atoms with E-state index in [-0.39, 0.29) is 0 Å². The maximum absolute atomic E-state index is 6.21. The lowest BCUT2D eigenvalue weighted by atomic mass is 9.98. The predicted molar refractivity (Wildman–Crippen MR) is 414 cm³/mol. The predicted octanol–water partition coefficient (Wildman–Crippen LogP) is 22.6. The molecular formula is C90H48N10. The van der Waals surface area contributed by atoms with E-state index in [0.29, 0.717) is 0 Å². The van der Waals surface area contributed by atoms with E-state index in [0.717, 1.165) is 187 Å². The zero-order chi connectivity index (χ0) is 64.5. The summed E-state index contributed by atoms with van der Waals surface area (Å²) in [5.41, 5.74) is 22.3. The Morgan fingerprint density at radius 1 is 0.190 bits per heavy atom. The molecule has 0 atom stereocenters. The highest BCUT2D eigenvalue weighted by Crippen LogP contribution is 2.53. The molecule has 100 heavy (non-hydrogen) atoms. The van der Waals surface area contributed by atoms with Gasteiger partial charge in [0.25, 0.3) is 0 Å². The molecule has 14 aromatic carbocycles. The summed E-state index contributed by atoms with van der Waals surface area (Å²) in [6, 6.07) is 102. The van der Waals surface area contributed by atoms with Crippen LogP contribution in [0.3, 0.4) is 0 Å². The quantitative estimate of drug-likeness (QED) is 0.130. The number of para-hydroxylation sites is 8. The SMILES string of the molecule is c1ccc2c(c1)c1ccccc1c1nc3c(nc21)c1c2cc(-n4c5ccccc5c5ccccc54)cc4c5cc(-n6c7ccccc7c7ccccc76)cnc5n(c42)c1c1c3c2cc(-n3c4ccccc4c4ccccc43)cc3c4cc(-n5c6ccccc6c6ccccc65)cnc4n1c32. The van der Waals surface area contributed by atoms with E-state index in [1.54, 1.807) is 0 Å². The van der Waals surface area contributed by atoms with Gasteiger partial charge in [-0.05, 0) is 95.7 Å². The third kappa shape index (κ3) is 6.23. The smallest absolute Gasteiger partial charge is 0.145 e. The molecule has 0 bridgehead atoms. The first-order valence-electron chi connectivity index (χ1n) is 34.2. The number of hydrogen-bond donors (Lipinski definition) is 0. The van der Waals surface area contributed by atoms with Crippen LogP contribution in [0.1, 0.15) is 0 Å². The highest BCUT2D eigenvalue weighted by molar-refractivity contribution is 6.41. The summed E-state index contributed by atoms with van der Waals surface area (Å²) in [4.78, 5) is 24.1. The number of pyridine rings is 2. The molecule has 0 saturated heterocycles. The minimum atomic E-state index is 0.827. The third-order valence-corrected chi connectivity index (χ3v) is 22.4. The molecule has 0 amide bonds. The van der Waals surface area contributed by atoms with Gasteiger partial charge in [-0.15, -0.1) is 0 Å². The largest absolute Gasteiger partial charge is 0.309 e. The van der Waals surface area contributed by atoms with Crippen LogP contribution in [0.4, 0.5) is 0 Å². The summed E-state index contributed by atoms with van der Waals surface area (Å²) in [5.74, 6) is 0. The van der Waals surface area contributed by atoms with Crippen molar-refractivity contribution in [2.45, 2.75) is 0 Å². The Morgan fingerprint density at radius 3 is 0.730 bits per heavy atom. The zero-order valence-corrected chi connectivity index (χ0v) is 53.2. The summed E-state index contributed by atoms with van der Waals surface area (Å²) >= 11 is 0. The molecule has 10 nitrogen and oxygen atoms in total. The number of nitrogens with zero attached hydrogens (tertiary/aromatic N) is 10. The Labute approximate surface area is 565 Å². The van der Waals surface area contributed by atoms with E-state index >= 15 is 0 Å². The topological polar surface area (TPSA) is 80.1 Å². The van der Waals surface area contributed by atoms with Crippen molar-refractivity contribution >= 4 is 207 Å². The van der Waals surface area contributed by atoms with E-state index in [9.17, 15) is 0 Å². The summed E-state index contributed by atoms with van der Waals surface area (Å²) in [5, 5.41) is 22.4. The number of fused-ring (bicyclic) bond motifs is 34. The number of rotatable bonds is 4. The van der Waals surface area contributed by atoms with Crippen molar-refractivity contribution in [3.63, 3.8) is 0 Å². The Morgan fingerprint density at radius 2 is 0.430 bits per heavy atom. The van der Waals surface area contributed by atoms with Crippen molar-refractivity contribution in [1.82, 2.24) is 47.0 Å². The van der Waals surface area contributed by atoms with Gasteiger partial charge in [-0.2, -0.15) is 0 Å². The second-order valence-electron chi connectivity index (χ2n) is 27.2. The molecule has 25 rings (SSSR count). The Kier molecular flexibility index (Phi) is 9.41. The summed E-state index contributed by atoms with van der Waals surface area (Å²) in [7, 11) is 0. The maximum atomic E-state index is 6.21. The van der Waals surface area contributed by atoms with Crippen molar-refractivity contribution in [2.75, 3.05) is 0 Å². The summed E-state index contributed by atoms with van der Waals surface area (Å²) in [6.45, 7) is 0. The maximum Gasteiger partial charge on any atom is 0.145 e. The molecular weight excluding hydrogens is 1220 g/mol. The van der Waals surface area contributed by atoms with E-state index < -0.39 is 0 Å². The fourth-order valence-electron chi connectivity index (χ4n) is 18.5. The highest BCUT2D eigenvalue weighted by atomic mass is 15.1. The Hall–Kier alpha value is -13.7. The van der Waals surface area contributed by atoms with Crippen molar-refractivity contribution in [3.8, 4) is 22.7 Å². The van der Waals surface area contributed by atoms with Crippen LogP contribution < -0.4 is 0 Å². The molecule has 11 heterocycles. The van der Waals surface area contributed by atoms with Gasteiger partial charge in [0, 0.05) is 108 Å². The highest BCUT2D eigenvalue weighted by Gasteiger charge is 2.33. The van der Waals surface area contributed by atoms with Gasteiger partial charge in [0.05, 0.1) is 101 Å². The van der Waals surface area contributed by atoms with Crippen molar-refractivity contribution in [2.24, 2.45) is 0 Å². The van der Waals surface area contributed by atoms with E-state index in [2.05, 4.69) is 319 Å². The van der Waals surface area contributed by atoms with E-state index in [1.807, 2.05) is 0 Å². The van der Waals surface area contributed by atoms with Gasteiger partial charge in [-0.25, -0.2) is 19.9 Å². The lowest BCUT2D eigenvalue weighted by Gasteiger charge is -2.13. The lowest BCUT2D eigenvalue weighted by molar-refractivity contribution is 1.14. The third-order valence-electron chi connectivity index (χ3n) is 22.4. The minimum absolute atomic E-state index is 0.827. The second-order valence-corrected chi connectivity index (χ2v) is 27.2. The standard InChI is InChI=1S/C90H48N10/c1-3-31-63-53(21-1)54-22-2-4-32-64(54)82-81(63)93-83-79-69-43-49(95-71-33-13-5-23-55(71)56-24-6-14-34-72(56)95)41-65-67-45-51(97-75-37-17-9-27-59(75)60-28-10-18-38-76(60)97)47-91-89(67)99(85(65)69)87(79)88-80(84(83)94-82)70-44-50(96-73-35-15-7-25-57(73)58-26-8-16-36-74(58)96)42-66-68-46-52(48-92-90(68)100(88)86(66)70)98-77-39-19-11-29-61(77)62-30-12-20-40-78(62)98/h1-48H. The van der Waals surface area contributed by atoms with Gasteiger partial charge >= 0.3 is 0 Å². The minimum Gasteiger partial charge on any atom is -0.309 e. The first-order chi connectivity index (χ1) is 49.7. The van der Waals surface area contributed by atoms with Crippen molar-refractivity contribution < 1.29 is 0 Å². The average molecular weight is 1270 g/mol. The normalized spacial score (nSPS) is 12.8. The molecule has 0 spiro atoms. The van der Waals surface area contributed by atoms with Crippen LogP contribution in [0, 0.1) is 0 Å². The number of aromatic nitrogens is 10. The van der Waals surface area contributed by atoms with Crippen LogP contribution in [0.15, 0.2) is 291 Å². The van der Waals surface area contributed by atoms with Gasteiger partial charge < -0.3 is 18.3 Å². The number of hydrogen-bond acceptors (Lipinski definition) is 4. The monoisotopic (exact) mass is 1270 g/mol. The Balaban J connectivity index is 0.929. The first-order valence-corrected chi connectivity index (χ1v) is 34.2. The molecule has 458 valence electrons. The van der Waals surface area contributed by atoms with Crippen LogP contribution >= 0.6 is 0 Å². The molecule has 0 N–H and O–H groups in total. The van der Waals surface area contributed by atoms with Crippen LogP contribution in [0.25, 0.3) is 230 Å². The number of benzene rings is 14. The first kappa shape index (κ1) is 51.6.